The summed E-state index contributed by atoms with van der Waals surface area (Å²) in [6.07, 6.45) is 7.54. The fourth-order valence-corrected chi connectivity index (χ4v) is 3.49. The van der Waals surface area contributed by atoms with Crippen LogP contribution in [0.3, 0.4) is 0 Å². The van der Waals surface area contributed by atoms with E-state index in [2.05, 4.69) is 48.8 Å². The lowest BCUT2D eigenvalue weighted by atomic mass is 9.93. The smallest absolute Gasteiger partial charge is 0.100 e. The number of nitrogens with zero attached hydrogens (tertiary/aromatic N) is 1. The van der Waals surface area contributed by atoms with Crippen LogP contribution in [0.15, 0.2) is 60.0 Å². The first-order valence-corrected chi connectivity index (χ1v) is 8.31. The summed E-state index contributed by atoms with van der Waals surface area (Å²) < 4.78 is 0. The van der Waals surface area contributed by atoms with Gasteiger partial charge < -0.3 is 0 Å². The highest BCUT2D eigenvalue weighted by Crippen LogP contribution is 2.30. The van der Waals surface area contributed by atoms with Crippen LogP contribution in [0.2, 0.25) is 0 Å². The molecule has 0 aliphatic carbocycles. The Morgan fingerprint density at radius 1 is 1.14 bits per heavy atom. The molecule has 22 heavy (non-hydrogen) atoms. The molecule has 0 bridgehead atoms. The van der Waals surface area contributed by atoms with Crippen LogP contribution in [-0.4, -0.2) is 5.25 Å². The molecule has 0 radical (unpaired) electrons. The van der Waals surface area contributed by atoms with Gasteiger partial charge in [-0.1, -0.05) is 60.7 Å². The highest BCUT2D eigenvalue weighted by molar-refractivity contribution is 8.03. The Morgan fingerprint density at radius 2 is 1.95 bits per heavy atom. The molecule has 0 N–H and O–H groups in total. The number of benzene rings is 2. The second-order valence-corrected chi connectivity index (χ2v) is 6.49. The second-order valence-electron chi connectivity index (χ2n) is 5.34. The van der Waals surface area contributed by atoms with Gasteiger partial charge in [0.15, 0.2) is 0 Å². The molecule has 108 valence electrons. The van der Waals surface area contributed by atoms with Gasteiger partial charge in [-0.3, -0.25) is 0 Å². The molecular formula is C20H17NS. The van der Waals surface area contributed by atoms with Crippen molar-refractivity contribution < 1.29 is 0 Å². The van der Waals surface area contributed by atoms with Crippen LogP contribution in [-0.2, 0) is 0 Å². The maximum Gasteiger partial charge on any atom is 0.100 e. The van der Waals surface area contributed by atoms with Gasteiger partial charge in [0, 0.05) is 10.8 Å². The van der Waals surface area contributed by atoms with E-state index in [9.17, 15) is 5.26 Å². The summed E-state index contributed by atoms with van der Waals surface area (Å²) in [4.78, 5) is 0. The molecule has 1 heterocycles. The molecule has 0 aromatic heterocycles. The van der Waals surface area contributed by atoms with Crippen molar-refractivity contribution in [1.29, 1.82) is 5.26 Å². The fraction of sp³-hybridized carbons (Fsp3) is 0.150. The molecule has 0 spiro atoms. The molecule has 1 nitrogen and oxygen atoms in total. The van der Waals surface area contributed by atoms with Gasteiger partial charge in [-0.2, -0.15) is 5.26 Å². The molecule has 3 rings (SSSR count). The molecule has 1 unspecified atom stereocenters. The van der Waals surface area contributed by atoms with Gasteiger partial charge in [0.2, 0.25) is 0 Å². The van der Waals surface area contributed by atoms with E-state index in [1.54, 1.807) is 0 Å². The monoisotopic (exact) mass is 303 g/mol. The van der Waals surface area contributed by atoms with Gasteiger partial charge in [0.1, 0.15) is 6.07 Å². The molecule has 0 amide bonds. The summed E-state index contributed by atoms with van der Waals surface area (Å²) in [6.45, 7) is 2.08. The van der Waals surface area contributed by atoms with Crippen molar-refractivity contribution in [3.63, 3.8) is 0 Å². The van der Waals surface area contributed by atoms with Gasteiger partial charge in [-0.15, -0.1) is 11.8 Å². The maximum atomic E-state index is 9.64. The Hall–Kier alpha value is -2.24. The normalized spacial score (nSPS) is 17.0. The number of rotatable bonds is 3. The van der Waals surface area contributed by atoms with E-state index in [4.69, 9.17) is 0 Å². The third-order valence-electron chi connectivity index (χ3n) is 3.85. The fourth-order valence-electron chi connectivity index (χ4n) is 2.67. The summed E-state index contributed by atoms with van der Waals surface area (Å²) in [5.74, 6) is 0. The average molecular weight is 303 g/mol. The largest absolute Gasteiger partial charge is 0.192 e. The van der Waals surface area contributed by atoms with Crippen molar-refractivity contribution >= 4 is 17.8 Å². The maximum absolute atomic E-state index is 9.64. The first-order valence-electron chi connectivity index (χ1n) is 7.37. The Bertz CT molecular complexity index is 773. The van der Waals surface area contributed by atoms with Crippen molar-refractivity contribution in [3.05, 3.63) is 76.7 Å². The zero-order chi connectivity index (χ0) is 15.4. The molecule has 2 aromatic rings. The Labute approximate surface area is 136 Å². The van der Waals surface area contributed by atoms with Crippen LogP contribution in [0.1, 0.15) is 23.1 Å². The quantitative estimate of drug-likeness (QED) is 0.740. The minimum atomic E-state index is 0.494. The summed E-state index contributed by atoms with van der Waals surface area (Å²) in [5.41, 5.74) is 5.08. The van der Waals surface area contributed by atoms with Gasteiger partial charge in [0.25, 0.3) is 0 Å². The molecule has 1 aliphatic rings. The topological polar surface area (TPSA) is 23.8 Å². The molecule has 2 heteroatoms. The number of nitriles is 1. The first-order chi connectivity index (χ1) is 10.8. The Balaban J connectivity index is 2.01. The van der Waals surface area contributed by atoms with Crippen molar-refractivity contribution in [1.82, 2.24) is 0 Å². The zero-order valence-electron chi connectivity index (χ0n) is 12.5. The first kappa shape index (κ1) is 14.7. The molecule has 0 saturated heterocycles. The Morgan fingerprint density at radius 3 is 2.68 bits per heavy atom. The standard InChI is InChI=1S/C20H17NS/c1-15-6-2-3-9-18(15)19-10-4-7-16(20(19)14-21)11-12-17-8-5-13-22-17/h2-7,9-13,17H,8H2,1H3. The number of aryl methyl sites for hydroxylation is 1. The highest BCUT2D eigenvalue weighted by atomic mass is 32.2. The van der Waals surface area contributed by atoms with Crippen LogP contribution in [0.25, 0.3) is 17.2 Å². The third-order valence-corrected chi connectivity index (χ3v) is 4.90. The van der Waals surface area contributed by atoms with Gasteiger partial charge in [0.05, 0.1) is 5.56 Å². The van der Waals surface area contributed by atoms with Crippen molar-refractivity contribution in [3.8, 4) is 17.2 Å². The number of thioether (sulfide) groups is 1. The van der Waals surface area contributed by atoms with Crippen molar-refractivity contribution in [2.24, 2.45) is 0 Å². The van der Waals surface area contributed by atoms with Crippen molar-refractivity contribution in [2.75, 3.05) is 0 Å². The minimum Gasteiger partial charge on any atom is -0.192 e. The molecule has 0 fully saturated rings. The third kappa shape index (κ3) is 3.00. The van der Waals surface area contributed by atoms with Gasteiger partial charge in [-0.05, 0) is 35.4 Å². The van der Waals surface area contributed by atoms with E-state index < -0.39 is 0 Å². The second kappa shape index (κ2) is 6.68. The lowest BCUT2D eigenvalue weighted by molar-refractivity contribution is 1.10. The molecule has 1 aliphatic heterocycles. The van der Waals surface area contributed by atoms with Crippen LogP contribution >= 0.6 is 11.8 Å². The average Bonchev–Trinajstić information content (AvgIpc) is 3.06. The molecule has 1 atom stereocenters. The predicted octanol–water partition coefficient (Wildman–Crippen LogP) is 5.57. The zero-order valence-corrected chi connectivity index (χ0v) is 13.3. The van der Waals surface area contributed by atoms with Gasteiger partial charge in [-0.25, -0.2) is 0 Å². The van der Waals surface area contributed by atoms with E-state index in [1.807, 2.05) is 42.1 Å². The summed E-state index contributed by atoms with van der Waals surface area (Å²) in [7, 11) is 0. The SMILES string of the molecule is Cc1ccccc1-c1cccc(C=CC2CC=CS2)c1C#N. The van der Waals surface area contributed by atoms with Crippen LogP contribution < -0.4 is 0 Å². The van der Waals surface area contributed by atoms with E-state index in [-0.39, 0.29) is 0 Å². The van der Waals surface area contributed by atoms with E-state index >= 15 is 0 Å². The van der Waals surface area contributed by atoms with Crippen LogP contribution in [0.4, 0.5) is 0 Å². The van der Waals surface area contributed by atoms with Gasteiger partial charge >= 0.3 is 0 Å². The molecule has 2 aromatic carbocycles. The highest BCUT2D eigenvalue weighted by Gasteiger charge is 2.11. The minimum absolute atomic E-state index is 0.494. The van der Waals surface area contributed by atoms with Crippen LogP contribution in [0, 0.1) is 18.3 Å². The lowest BCUT2D eigenvalue weighted by Crippen LogP contribution is -1.93. The number of hydrogen-bond donors (Lipinski definition) is 0. The number of hydrogen-bond acceptors (Lipinski definition) is 2. The lowest BCUT2D eigenvalue weighted by Gasteiger charge is -2.10. The summed E-state index contributed by atoms with van der Waals surface area (Å²) >= 11 is 1.83. The van der Waals surface area contributed by atoms with E-state index in [1.165, 1.54) is 5.56 Å². The van der Waals surface area contributed by atoms with E-state index in [0.717, 1.165) is 28.7 Å². The van der Waals surface area contributed by atoms with Crippen LogP contribution in [0.5, 0.6) is 0 Å². The summed E-state index contributed by atoms with van der Waals surface area (Å²) in [6, 6.07) is 16.7. The Kier molecular flexibility index (Phi) is 4.46. The van der Waals surface area contributed by atoms with Crippen molar-refractivity contribution in [2.45, 2.75) is 18.6 Å². The molecule has 0 saturated carbocycles. The predicted molar refractivity (Wildman–Crippen MR) is 95.5 cm³/mol. The number of allylic oxidation sites excluding steroid dienone is 1. The summed E-state index contributed by atoms with van der Waals surface area (Å²) in [5, 5.41) is 12.3. The molecular weight excluding hydrogens is 286 g/mol. The van der Waals surface area contributed by atoms with E-state index in [0.29, 0.717) is 5.25 Å².